The summed E-state index contributed by atoms with van der Waals surface area (Å²) in [5.74, 6) is -0.791. The fourth-order valence-electron chi connectivity index (χ4n) is 1.45. The Bertz CT molecular complexity index is 434. The lowest BCUT2D eigenvalue weighted by molar-refractivity contribution is -0.274. The van der Waals surface area contributed by atoms with E-state index < -0.39 is 12.3 Å². The first-order valence-corrected chi connectivity index (χ1v) is 5.50. The van der Waals surface area contributed by atoms with Crippen LogP contribution in [-0.4, -0.2) is 25.5 Å². The molecule has 1 N–H and O–H groups in total. The number of alkyl halides is 3. The number of ether oxygens (including phenoxy) is 2. The van der Waals surface area contributed by atoms with Gasteiger partial charge in [-0.2, -0.15) is 0 Å². The van der Waals surface area contributed by atoms with Gasteiger partial charge >= 0.3 is 12.3 Å². The summed E-state index contributed by atoms with van der Waals surface area (Å²) in [6.45, 7) is 1.65. The molecule has 0 aliphatic carbocycles. The van der Waals surface area contributed by atoms with E-state index >= 15 is 0 Å². The zero-order valence-electron chi connectivity index (χ0n) is 10.5. The van der Waals surface area contributed by atoms with Gasteiger partial charge in [-0.3, -0.25) is 4.79 Å². The van der Waals surface area contributed by atoms with Crippen LogP contribution in [0, 0.1) is 0 Å². The Labute approximate surface area is 108 Å². The van der Waals surface area contributed by atoms with Crippen molar-refractivity contribution in [1.29, 1.82) is 0 Å². The standard InChI is InChI=1S/C12H14F3NO3/c1-8(7-11(17)18-2)16-9-5-3-4-6-10(9)19-12(13,14)15/h3-6,8,16H,7H2,1-2H3. The van der Waals surface area contributed by atoms with Gasteiger partial charge < -0.3 is 14.8 Å². The number of carbonyl (C=O) groups is 1. The van der Waals surface area contributed by atoms with E-state index in [-0.39, 0.29) is 23.9 Å². The highest BCUT2D eigenvalue weighted by molar-refractivity contribution is 5.70. The number of esters is 1. The summed E-state index contributed by atoms with van der Waals surface area (Å²) in [5.41, 5.74) is 0.163. The Morgan fingerprint density at radius 3 is 2.58 bits per heavy atom. The summed E-state index contributed by atoms with van der Waals surface area (Å²) in [7, 11) is 1.25. The fourth-order valence-corrected chi connectivity index (χ4v) is 1.45. The normalized spacial score (nSPS) is 12.7. The van der Waals surface area contributed by atoms with Crippen LogP contribution < -0.4 is 10.1 Å². The number of para-hydroxylation sites is 2. The number of nitrogens with one attached hydrogen (secondary N) is 1. The van der Waals surface area contributed by atoms with Gasteiger partial charge in [-0.05, 0) is 19.1 Å². The first-order valence-electron chi connectivity index (χ1n) is 5.50. The van der Waals surface area contributed by atoms with Crippen LogP contribution in [0.15, 0.2) is 24.3 Å². The lowest BCUT2D eigenvalue weighted by atomic mass is 10.2. The molecule has 0 fully saturated rings. The Morgan fingerprint density at radius 2 is 2.00 bits per heavy atom. The summed E-state index contributed by atoms with van der Waals surface area (Å²) in [6, 6.07) is 5.24. The molecule has 1 aromatic carbocycles. The van der Waals surface area contributed by atoms with Gasteiger partial charge in [0, 0.05) is 6.04 Å². The summed E-state index contributed by atoms with van der Waals surface area (Å²) < 4.78 is 45.0. The van der Waals surface area contributed by atoms with Crippen molar-refractivity contribution in [2.75, 3.05) is 12.4 Å². The Balaban J connectivity index is 2.75. The molecule has 0 radical (unpaired) electrons. The summed E-state index contributed by atoms with van der Waals surface area (Å²) >= 11 is 0. The predicted octanol–water partition coefficient (Wildman–Crippen LogP) is 2.95. The summed E-state index contributed by atoms with van der Waals surface area (Å²) in [4.78, 5) is 11.1. The molecule has 0 aliphatic rings. The third-order valence-corrected chi connectivity index (χ3v) is 2.22. The molecule has 0 bridgehead atoms. The van der Waals surface area contributed by atoms with Gasteiger partial charge in [0.1, 0.15) is 0 Å². The number of rotatable bonds is 5. The van der Waals surface area contributed by atoms with Crippen molar-refractivity contribution < 1.29 is 27.4 Å². The van der Waals surface area contributed by atoms with E-state index in [9.17, 15) is 18.0 Å². The van der Waals surface area contributed by atoms with Gasteiger partial charge in [-0.15, -0.1) is 13.2 Å². The Morgan fingerprint density at radius 1 is 1.37 bits per heavy atom. The quantitative estimate of drug-likeness (QED) is 0.841. The molecular formula is C12H14F3NO3. The minimum atomic E-state index is -4.76. The molecule has 0 aromatic heterocycles. The highest BCUT2D eigenvalue weighted by atomic mass is 19.4. The zero-order chi connectivity index (χ0) is 14.5. The maximum absolute atomic E-state index is 12.2. The number of hydrogen-bond donors (Lipinski definition) is 1. The molecule has 19 heavy (non-hydrogen) atoms. The van der Waals surface area contributed by atoms with E-state index in [0.29, 0.717) is 0 Å². The van der Waals surface area contributed by atoms with Crippen LogP contribution in [0.2, 0.25) is 0 Å². The van der Waals surface area contributed by atoms with Crippen molar-refractivity contribution in [2.24, 2.45) is 0 Å². The molecule has 0 saturated carbocycles. The number of halogens is 3. The SMILES string of the molecule is COC(=O)CC(C)Nc1ccccc1OC(F)(F)F. The van der Waals surface area contributed by atoms with Crippen LogP contribution in [0.25, 0.3) is 0 Å². The average molecular weight is 277 g/mol. The fraction of sp³-hybridized carbons (Fsp3) is 0.417. The molecule has 1 rings (SSSR count). The zero-order valence-corrected chi connectivity index (χ0v) is 10.5. The predicted molar refractivity (Wildman–Crippen MR) is 62.8 cm³/mol. The molecule has 0 saturated heterocycles. The number of benzene rings is 1. The van der Waals surface area contributed by atoms with E-state index in [4.69, 9.17) is 0 Å². The topological polar surface area (TPSA) is 47.6 Å². The third-order valence-electron chi connectivity index (χ3n) is 2.22. The average Bonchev–Trinajstić information content (AvgIpc) is 2.29. The van der Waals surface area contributed by atoms with Crippen LogP contribution >= 0.6 is 0 Å². The van der Waals surface area contributed by atoms with Crippen molar-refractivity contribution in [3.63, 3.8) is 0 Å². The Kier molecular flexibility index (Phi) is 5.02. The van der Waals surface area contributed by atoms with Crippen LogP contribution in [0.1, 0.15) is 13.3 Å². The molecule has 0 heterocycles. The smallest absolute Gasteiger partial charge is 0.469 e. The molecule has 1 aromatic rings. The molecule has 1 unspecified atom stereocenters. The maximum atomic E-state index is 12.2. The number of anilines is 1. The van der Waals surface area contributed by atoms with Crippen LogP contribution in [-0.2, 0) is 9.53 Å². The molecular weight excluding hydrogens is 263 g/mol. The molecule has 0 aliphatic heterocycles. The van der Waals surface area contributed by atoms with Gasteiger partial charge in [0.15, 0.2) is 5.75 Å². The molecule has 7 heteroatoms. The van der Waals surface area contributed by atoms with E-state index in [1.165, 1.54) is 25.3 Å². The number of methoxy groups -OCH3 is 1. The minimum Gasteiger partial charge on any atom is -0.469 e. The van der Waals surface area contributed by atoms with E-state index in [1.807, 2.05) is 0 Å². The van der Waals surface area contributed by atoms with Gasteiger partial charge in [-0.25, -0.2) is 0 Å². The van der Waals surface area contributed by atoms with E-state index in [1.54, 1.807) is 13.0 Å². The first kappa shape index (κ1) is 15.1. The maximum Gasteiger partial charge on any atom is 0.573 e. The van der Waals surface area contributed by atoms with Crippen LogP contribution in [0.5, 0.6) is 5.75 Å². The summed E-state index contributed by atoms with van der Waals surface area (Å²) in [5, 5.41) is 2.77. The first-order chi connectivity index (χ1) is 8.81. The van der Waals surface area contributed by atoms with Crippen molar-refractivity contribution >= 4 is 11.7 Å². The van der Waals surface area contributed by atoms with Gasteiger partial charge in [-0.1, -0.05) is 12.1 Å². The largest absolute Gasteiger partial charge is 0.573 e. The molecule has 1 atom stereocenters. The third kappa shape index (κ3) is 5.50. The monoisotopic (exact) mass is 277 g/mol. The van der Waals surface area contributed by atoms with Crippen molar-refractivity contribution in [3.8, 4) is 5.75 Å². The highest BCUT2D eigenvalue weighted by Crippen LogP contribution is 2.30. The molecule has 0 amide bonds. The molecule has 4 nitrogen and oxygen atoms in total. The second-order valence-electron chi connectivity index (χ2n) is 3.87. The molecule has 106 valence electrons. The molecule has 0 spiro atoms. The highest BCUT2D eigenvalue weighted by Gasteiger charge is 2.32. The lowest BCUT2D eigenvalue weighted by Gasteiger charge is -2.18. The lowest BCUT2D eigenvalue weighted by Crippen LogP contribution is -2.22. The van der Waals surface area contributed by atoms with Gasteiger partial charge in [0.2, 0.25) is 0 Å². The van der Waals surface area contributed by atoms with Crippen LogP contribution in [0.3, 0.4) is 0 Å². The van der Waals surface area contributed by atoms with Crippen molar-refractivity contribution in [1.82, 2.24) is 0 Å². The number of hydrogen-bond acceptors (Lipinski definition) is 4. The van der Waals surface area contributed by atoms with E-state index in [0.717, 1.165) is 0 Å². The van der Waals surface area contributed by atoms with Crippen molar-refractivity contribution in [2.45, 2.75) is 25.7 Å². The second kappa shape index (κ2) is 6.31. The Hall–Kier alpha value is -1.92. The van der Waals surface area contributed by atoms with Gasteiger partial charge in [0.05, 0.1) is 19.2 Å². The van der Waals surface area contributed by atoms with Crippen LogP contribution in [0.4, 0.5) is 18.9 Å². The van der Waals surface area contributed by atoms with Gasteiger partial charge in [0.25, 0.3) is 0 Å². The number of carbonyl (C=O) groups excluding carboxylic acids is 1. The van der Waals surface area contributed by atoms with E-state index in [2.05, 4.69) is 14.8 Å². The summed E-state index contributed by atoms with van der Waals surface area (Å²) in [6.07, 6.45) is -4.72. The minimum absolute atomic E-state index is 0.0385. The van der Waals surface area contributed by atoms with Crippen molar-refractivity contribution in [3.05, 3.63) is 24.3 Å². The second-order valence-corrected chi connectivity index (χ2v) is 3.87.